The van der Waals surface area contributed by atoms with E-state index in [9.17, 15) is 9.59 Å². The number of hydrogen-bond acceptors (Lipinski definition) is 4. The van der Waals surface area contributed by atoms with Gasteiger partial charge in [-0.25, -0.2) is 4.79 Å². The minimum Gasteiger partial charge on any atom is -0.460 e. The van der Waals surface area contributed by atoms with Crippen LogP contribution in [-0.2, 0) is 28.2 Å². The van der Waals surface area contributed by atoms with Crippen molar-refractivity contribution in [1.29, 1.82) is 0 Å². The molecule has 3 aromatic rings. The van der Waals surface area contributed by atoms with E-state index in [1.54, 1.807) is 31.2 Å². The summed E-state index contributed by atoms with van der Waals surface area (Å²) in [4.78, 5) is 27.5. The molecular weight excluding hydrogens is 508 g/mol. The van der Waals surface area contributed by atoms with Crippen molar-refractivity contribution < 1.29 is 19.1 Å². The average Bonchev–Trinajstić information content (AvgIpc) is 3.03. The van der Waals surface area contributed by atoms with Gasteiger partial charge < -0.3 is 14.8 Å². The number of carbonyl (C=O) groups excluding carboxylic acids is 2. The quantitative estimate of drug-likeness (QED) is 0.444. The van der Waals surface area contributed by atoms with Gasteiger partial charge in [0, 0.05) is 31.7 Å². The number of urea groups is 1. The van der Waals surface area contributed by atoms with Gasteiger partial charge >= 0.3 is 6.03 Å². The first-order valence-corrected chi connectivity index (χ1v) is 11.6. The van der Waals surface area contributed by atoms with Crippen LogP contribution in [0.3, 0.4) is 0 Å². The number of nitrogens with zero attached hydrogens (tertiary/aromatic N) is 1. The number of benzene rings is 3. The van der Waals surface area contributed by atoms with Crippen LogP contribution in [0.1, 0.15) is 35.5 Å². The number of imide groups is 1. The Kier molecular flexibility index (Phi) is 5.64. The molecule has 1 saturated heterocycles. The van der Waals surface area contributed by atoms with Crippen molar-refractivity contribution in [3.8, 4) is 5.75 Å². The Balaban J connectivity index is 1.47. The summed E-state index contributed by atoms with van der Waals surface area (Å²) in [5.74, 6) is 0.242. The molecule has 168 valence electrons. The monoisotopic (exact) mass is 526 g/mol. The van der Waals surface area contributed by atoms with E-state index in [0.29, 0.717) is 28.5 Å². The molecule has 2 aliphatic rings. The van der Waals surface area contributed by atoms with E-state index < -0.39 is 17.9 Å². The molecule has 1 N–H and O–H groups in total. The lowest BCUT2D eigenvalue weighted by Gasteiger charge is -2.29. The van der Waals surface area contributed by atoms with Crippen LogP contribution in [-0.4, -0.2) is 16.8 Å². The molecule has 0 spiro atoms. The zero-order valence-electron chi connectivity index (χ0n) is 17.7. The lowest BCUT2D eigenvalue weighted by Crippen LogP contribution is -2.41. The first-order chi connectivity index (χ1) is 15.9. The van der Waals surface area contributed by atoms with Gasteiger partial charge in [-0.15, -0.1) is 0 Å². The van der Waals surface area contributed by atoms with Crippen LogP contribution in [0.4, 0.5) is 4.79 Å². The van der Waals surface area contributed by atoms with Crippen LogP contribution < -0.4 is 10.1 Å². The third-order valence-electron chi connectivity index (χ3n) is 5.91. The number of halogens is 2. The number of fused-ring (bicyclic) bond motifs is 1. The topological polar surface area (TPSA) is 67.9 Å². The first kappa shape index (κ1) is 21.9. The van der Waals surface area contributed by atoms with E-state index in [0.717, 1.165) is 15.6 Å². The number of hydrogen-bond donors (Lipinski definition) is 1. The van der Waals surface area contributed by atoms with E-state index in [1.165, 1.54) is 4.90 Å². The van der Waals surface area contributed by atoms with Gasteiger partial charge in [0.15, 0.2) is 0 Å². The van der Waals surface area contributed by atoms with E-state index >= 15 is 0 Å². The molecule has 3 aromatic carbocycles. The Hall–Kier alpha value is -2.87. The normalized spacial score (nSPS) is 22.0. The summed E-state index contributed by atoms with van der Waals surface area (Å²) in [7, 11) is 0. The van der Waals surface area contributed by atoms with Crippen LogP contribution in [0, 0.1) is 0 Å². The molecule has 2 aliphatic heterocycles. The highest BCUT2D eigenvalue weighted by Crippen LogP contribution is 2.40. The third kappa shape index (κ3) is 3.90. The number of carbonyl (C=O) groups is 2. The number of amides is 3. The molecule has 2 heterocycles. The molecule has 0 aliphatic carbocycles. The Morgan fingerprint density at radius 2 is 1.85 bits per heavy atom. The molecule has 0 radical (unpaired) electrons. The molecule has 0 unspecified atom stereocenters. The maximum absolute atomic E-state index is 13.4. The maximum Gasteiger partial charge on any atom is 0.325 e. The molecule has 0 saturated carbocycles. The highest BCUT2D eigenvalue weighted by atomic mass is 79.9. The van der Waals surface area contributed by atoms with E-state index in [1.807, 2.05) is 42.5 Å². The van der Waals surface area contributed by atoms with Crippen molar-refractivity contribution in [3.63, 3.8) is 0 Å². The molecule has 1 fully saturated rings. The van der Waals surface area contributed by atoms with Gasteiger partial charge in [0.05, 0.1) is 13.2 Å². The maximum atomic E-state index is 13.4. The van der Waals surface area contributed by atoms with Crippen molar-refractivity contribution in [2.24, 2.45) is 0 Å². The standard InChI is InChI=1S/C25H20BrClN2O4/c1-25(19-9-5-6-10-20(19)27)23(30)29(24(31)28-25)13-16-11-18(26)12-17-14-32-22(33-21(16)17)15-7-3-2-4-8-15/h2-12,22H,13-14H2,1H3,(H,28,31)/t22-,25+/m0/s1. The Bertz CT molecular complexity index is 1250. The minimum atomic E-state index is -1.25. The van der Waals surface area contributed by atoms with E-state index in [2.05, 4.69) is 21.2 Å². The van der Waals surface area contributed by atoms with E-state index in [-0.39, 0.29) is 12.5 Å². The van der Waals surface area contributed by atoms with Crippen LogP contribution in [0.5, 0.6) is 5.75 Å². The molecule has 3 amide bonds. The van der Waals surface area contributed by atoms with Gasteiger partial charge in [0.1, 0.15) is 11.3 Å². The fraction of sp³-hybridized carbons (Fsp3) is 0.200. The van der Waals surface area contributed by atoms with Crippen LogP contribution in [0.25, 0.3) is 0 Å². The molecule has 0 bridgehead atoms. The van der Waals surface area contributed by atoms with Crippen LogP contribution >= 0.6 is 27.5 Å². The zero-order valence-corrected chi connectivity index (χ0v) is 20.0. The smallest absolute Gasteiger partial charge is 0.325 e. The van der Waals surface area contributed by atoms with Crippen molar-refractivity contribution >= 4 is 39.5 Å². The summed E-state index contributed by atoms with van der Waals surface area (Å²) in [5, 5.41) is 3.23. The fourth-order valence-electron chi connectivity index (χ4n) is 4.23. The molecule has 6 nitrogen and oxygen atoms in total. The summed E-state index contributed by atoms with van der Waals surface area (Å²) in [6.45, 7) is 2.06. The predicted molar refractivity (Wildman–Crippen MR) is 127 cm³/mol. The van der Waals surface area contributed by atoms with Gasteiger partial charge in [0.2, 0.25) is 6.29 Å². The molecular formula is C25H20BrClN2O4. The molecule has 2 atom stereocenters. The summed E-state index contributed by atoms with van der Waals surface area (Å²) in [6.07, 6.45) is -0.574. The second kappa shape index (κ2) is 8.48. The van der Waals surface area contributed by atoms with Gasteiger partial charge in [-0.3, -0.25) is 9.69 Å². The molecule has 0 aromatic heterocycles. The summed E-state index contributed by atoms with van der Waals surface area (Å²) < 4.78 is 12.9. The van der Waals surface area contributed by atoms with Crippen molar-refractivity contribution in [3.05, 3.63) is 98.5 Å². The van der Waals surface area contributed by atoms with Gasteiger partial charge in [-0.2, -0.15) is 0 Å². The minimum absolute atomic E-state index is 0.0496. The first-order valence-electron chi connectivity index (χ1n) is 10.4. The summed E-state index contributed by atoms with van der Waals surface area (Å²) >= 11 is 9.86. The molecule has 8 heteroatoms. The third-order valence-corrected chi connectivity index (χ3v) is 6.70. The number of rotatable bonds is 4. The van der Waals surface area contributed by atoms with Crippen molar-refractivity contribution in [2.75, 3.05) is 0 Å². The Morgan fingerprint density at radius 1 is 1.12 bits per heavy atom. The lowest BCUT2D eigenvalue weighted by molar-refractivity contribution is -0.131. The average molecular weight is 528 g/mol. The van der Waals surface area contributed by atoms with Crippen LogP contribution in [0.2, 0.25) is 5.02 Å². The van der Waals surface area contributed by atoms with Crippen molar-refractivity contribution in [2.45, 2.75) is 31.9 Å². The highest BCUT2D eigenvalue weighted by molar-refractivity contribution is 9.10. The number of ether oxygens (including phenoxy) is 2. The van der Waals surface area contributed by atoms with Crippen molar-refractivity contribution in [1.82, 2.24) is 10.2 Å². The van der Waals surface area contributed by atoms with Gasteiger partial charge in [-0.1, -0.05) is 76.1 Å². The Morgan fingerprint density at radius 3 is 2.61 bits per heavy atom. The molecule has 5 rings (SSSR count). The van der Waals surface area contributed by atoms with E-state index in [4.69, 9.17) is 21.1 Å². The SMILES string of the molecule is C[C@]1(c2ccccc2Cl)NC(=O)N(Cc2cc(Br)cc3c2O[C@@H](c2ccccc2)OC3)C1=O. The largest absolute Gasteiger partial charge is 0.460 e. The second-order valence-corrected chi connectivity index (χ2v) is 9.47. The zero-order chi connectivity index (χ0) is 23.2. The predicted octanol–water partition coefficient (Wildman–Crippen LogP) is 5.68. The van der Waals surface area contributed by atoms with Gasteiger partial charge in [0.25, 0.3) is 5.91 Å². The molecule has 33 heavy (non-hydrogen) atoms. The lowest BCUT2D eigenvalue weighted by atomic mass is 9.92. The highest BCUT2D eigenvalue weighted by Gasteiger charge is 2.50. The number of nitrogens with one attached hydrogen (secondary N) is 1. The summed E-state index contributed by atoms with van der Waals surface area (Å²) in [6, 6.07) is 19.9. The fourth-order valence-corrected chi connectivity index (χ4v) is 5.11. The summed E-state index contributed by atoms with van der Waals surface area (Å²) in [5.41, 5.74) is 1.73. The second-order valence-electron chi connectivity index (χ2n) is 8.15. The van der Waals surface area contributed by atoms with Gasteiger partial charge in [-0.05, 0) is 25.1 Å². The van der Waals surface area contributed by atoms with Crippen LogP contribution in [0.15, 0.2) is 71.2 Å². The Labute approximate surface area is 204 Å².